The quantitative estimate of drug-likeness (QED) is 0.650. The number of rotatable bonds is 2. The monoisotopic (exact) mass is 254 g/mol. The van der Waals surface area contributed by atoms with Crippen LogP contribution in [0.2, 0.25) is 0 Å². The van der Waals surface area contributed by atoms with Crippen LogP contribution in [0, 0.1) is 5.92 Å². The lowest BCUT2D eigenvalue weighted by Crippen LogP contribution is -2.50. The zero-order valence-electron chi connectivity index (χ0n) is 11.1. The summed E-state index contributed by atoms with van der Waals surface area (Å²) in [6.45, 7) is 0. The summed E-state index contributed by atoms with van der Waals surface area (Å²) < 4.78 is 0. The van der Waals surface area contributed by atoms with E-state index in [1.165, 1.54) is 6.42 Å². The summed E-state index contributed by atoms with van der Waals surface area (Å²) in [5, 5.41) is 12.9. The van der Waals surface area contributed by atoms with Crippen molar-refractivity contribution in [1.82, 2.24) is 5.32 Å². The Hall–Kier alpha value is -0.610. The van der Waals surface area contributed by atoms with E-state index in [2.05, 4.69) is 5.32 Å². The fourth-order valence-electron chi connectivity index (χ4n) is 3.23. The third kappa shape index (κ3) is 3.45. The van der Waals surface area contributed by atoms with Crippen molar-refractivity contribution in [2.24, 2.45) is 11.7 Å². The van der Waals surface area contributed by atoms with E-state index in [0.29, 0.717) is 0 Å². The van der Waals surface area contributed by atoms with Gasteiger partial charge in [-0.15, -0.1) is 0 Å². The van der Waals surface area contributed by atoms with E-state index in [9.17, 15) is 9.90 Å². The van der Waals surface area contributed by atoms with Gasteiger partial charge in [0.05, 0.1) is 18.1 Å². The molecular weight excluding hydrogens is 228 g/mol. The maximum Gasteiger partial charge on any atom is 0.224 e. The molecule has 0 radical (unpaired) electrons. The number of amides is 1. The highest BCUT2D eigenvalue weighted by molar-refractivity contribution is 5.79. The van der Waals surface area contributed by atoms with Gasteiger partial charge in [-0.1, -0.05) is 32.1 Å². The Morgan fingerprint density at radius 3 is 2.44 bits per heavy atom. The predicted molar refractivity (Wildman–Crippen MR) is 71.0 cm³/mol. The molecule has 4 unspecified atom stereocenters. The molecule has 2 aliphatic carbocycles. The predicted octanol–water partition coefficient (Wildman–Crippen LogP) is 1.31. The lowest BCUT2D eigenvalue weighted by atomic mass is 9.90. The second-order valence-electron chi connectivity index (χ2n) is 5.88. The minimum Gasteiger partial charge on any atom is -0.391 e. The molecule has 2 aliphatic rings. The molecule has 0 heterocycles. The van der Waals surface area contributed by atoms with Crippen LogP contribution < -0.4 is 11.1 Å². The molecule has 4 atom stereocenters. The van der Waals surface area contributed by atoms with Gasteiger partial charge in [0.2, 0.25) is 5.91 Å². The van der Waals surface area contributed by atoms with E-state index in [1.54, 1.807) is 0 Å². The van der Waals surface area contributed by atoms with Crippen LogP contribution in [0.4, 0.5) is 0 Å². The number of aliphatic hydroxyl groups excluding tert-OH is 1. The van der Waals surface area contributed by atoms with Gasteiger partial charge in [0, 0.05) is 6.04 Å². The van der Waals surface area contributed by atoms with Crippen molar-refractivity contribution >= 4 is 5.91 Å². The third-order valence-electron chi connectivity index (χ3n) is 4.46. The van der Waals surface area contributed by atoms with E-state index in [-0.39, 0.29) is 30.0 Å². The van der Waals surface area contributed by atoms with Crippen molar-refractivity contribution < 1.29 is 9.90 Å². The Morgan fingerprint density at radius 1 is 1.00 bits per heavy atom. The van der Waals surface area contributed by atoms with E-state index in [1.807, 2.05) is 0 Å². The lowest BCUT2D eigenvalue weighted by Gasteiger charge is -2.30. The van der Waals surface area contributed by atoms with Gasteiger partial charge in [-0.25, -0.2) is 0 Å². The van der Waals surface area contributed by atoms with Gasteiger partial charge in [0.25, 0.3) is 0 Å². The van der Waals surface area contributed by atoms with Crippen molar-refractivity contribution in [3.8, 4) is 0 Å². The highest BCUT2D eigenvalue weighted by Gasteiger charge is 2.31. The van der Waals surface area contributed by atoms with Gasteiger partial charge in [-0.05, 0) is 25.7 Å². The highest BCUT2D eigenvalue weighted by atomic mass is 16.3. The molecule has 1 amide bonds. The smallest absolute Gasteiger partial charge is 0.224 e. The van der Waals surface area contributed by atoms with Crippen LogP contribution in [-0.2, 0) is 4.79 Å². The van der Waals surface area contributed by atoms with Gasteiger partial charge in [0.1, 0.15) is 0 Å². The van der Waals surface area contributed by atoms with E-state index >= 15 is 0 Å². The highest BCUT2D eigenvalue weighted by Crippen LogP contribution is 2.24. The van der Waals surface area contributed by atoms with Crippen LogP contribution in [0.1, 0.15) is 57.8 Å². The first-order valence-corrected chi connectivity index (χ1v) is 7.42. The molecule has 2 saturated carbocycles. The van der Waals surface area contributed by atoms with Gasteiger partial charge < -0.3 is 16.2 Å². The molecule has 18 heavy (non-hydrogen) atoms. The standard InChI is InChI=1S/C14H26N2O2/c15-11-7-3-1-2-6-10(11)14(18)16-12-8-4-5-9-13(12)17/h10-13,17H,1-9,15H2,(H,16,18). The summed E-state index contributed by atoms with van der Waals surface area (Å²) in [5.41, 5.74) is 6.10. The van der Waals surface area contributed by atoms with Crippen LogP contribution in [-0.4, -0.2) is 29.2 Å². The molecule has 0 aromatic rings. The molecule has 0 aromatic carbocycles. The minimum absolute atomic E-state index is 0.00627. The second-order valence-corrected chi connectivity index (χ2v) is 5.88. The van der Waals surface area contributed by atoms with E-state index < -0.39 is 0 Å². The summed E-state index contributed by atoms with van der Waals surface area (Å²) in [4.78, 5) is 12.3. The van der Waals surface area contributed by atoms with Gasteiger partial charge in [-0.3, -0.25) is 4.79 Å². The maximum absolute atomic E-state index is 12.3. The first-order chi connectivity index (χ1) is 8.68. The van der Waals surface area contributed by atoms with Crippen LogP contribution in [0.15, 0.2) is 0 Å². The number of carbonyl (C=O) groups is 1. The van der Waals surface area contributed by atoms with Crippen LogP contribution in [0.3, 0.4) is 0 Å². The van der Waals surface area contributed by atoms with Crippen molar-refractivity contribution in [3.63, 3.8) is 0 Å². The number of hydrogen-bond donors (Lipinski definition) is 3. The molecule has 104 valence electrons. The van der Waals surface area contributed by atoms with Gasteiger partial charge in [-0.2, -0.15) is 0 Å². The Morgan fingerprint density at radius 2 is 1.67 bits per heavy atom. The van der Waals surface area contributed by atoms with Crippen LogP contribution in [0.5, 0.6) is 0 Å². The summed E-state index contributed by atoms with van der Waals surface area (Å²) in [5.74, 6) is 0.0111. The molecule has 2 rings (SSSR count). The molecule has 4 nitrogen and oxygen atoms in total. The molecule has 0 spiro atoms. The molecule has 0 aliphatic heterocycles. The molecule has 4 heteroatoms. The van der Waals surface area contributed by atoms with Crippen LogP contribution in [0.25, 0.3) is 0 Å². The number of aliphatic hydroxyl groups is 1. The van der Waals surface area contributed by atoms with Crippen LogP contribution >= 0.6 is 0 Å². The second kappa shape index (κ2) is 6.53. The number of nitrogens with one attached hydrogen (secondary N) is 1. The molecule has 0 saturated heterocycles. The number of nitrogens with two attached hydrogens (primary N) is 1. The molecule has 2 fully saturated rings. The largest absolute Gasteiger partial charge is 0.391 e. The topological polar surface area (TPSA) is 75.4 Å². The summed E-state index contributed by atoms with van der Waals surface area (Å²) in [7, 11) is 0. The molecule has 0 aromatic heterocycles. The zero-order chi connectivity index (χ0) is 13.0. The number of hydrogen-bond acceptors (Lipinski definition) is 3. The minimum atomic E-state index is -0.371. The first kappa shape index (κ1) is 13.8. The summed E-state index contributed by atoms with van der Waals surface area (Å²) in [6, 6.07) is -0.0602. The average Bonchev–Trinajstić information content (AvgIpc) is 2.57. The van der Waals surface area contributed by atoms with Crippen molar-refractivity contribution in [2.75, 3.05) is 0 Å². The van der Waals surface area contributed by atoms with E-state index in [4.69, 9.17) is 5.73 Å². The summed E-state index contributed by atoms with van der Waals surface area (Å²) >= 11 is 0. The fraction of sp³-hybridized carbons (Fsp3) is 0.929. The Labute approximate surface area is 109 Å². The van der Waals surface area contributed by atoms with Gasteiger partial charge in [0.15, 0.2) is 0 Å². The van der Waals surface area contributed by atoms with E-state index in [0.717, 1.165) is 51.4 Å². The molecule has 0 bridgehead atoms. The van der Waals surface area contributed by atoms with Crippen molar-refractivity contribution in [2.45, 2.75) is 76.0 Å². The maximum atomic E-state index is 12.3. The average molecular weight is 254 g/mol. The van der Waals surface area contributed by atoms with Gasteiger partial charge >= 0.3 is 0 Å². The normalized spacial score (nSPS) is 37.9. The van der Waals surface area contributed by atoms with Crippen molar-refractivity contribution in [1.29, 1.82) is 0 Å². The van der Waals surface area contributed by atoms with Crippen molar-refractivity contribution in [3.05, 3.63) is 0 Å². The fourth-order valence-corrected chi connectivity index (χ4v) is 3.23. The molecule has 4 N–H and O–H groups in total. The Kier molecular flexibility index (Phi) is 5.01. The number of carbonyl (C=O) groups excluding carboxylic acids is 1. The Balaban J connectivity index is 1.89. The molecular formula is C14H26N2O2. The SMILES string of the molecule is NC1CCCCCC1C(=O)NC1CCCCC1O. The third-order valence-corrected chi connectivity index (χ3v) is 4.46. The zero-order valence-corrected chi connectivity index (χ0v) is 11.1. The first-order valence-electron chi connectivity index (χ1n) is 7.42. The summed E-state index contributed by atoms with van der Waals surface area (Å²) in [6.07, 6.45) is 8.76. The Bertz CT molecular complexity index is 283. The lowest BCUT2D eigenvalue weighted by molar-refractivity contribution is -0.127.